The van der Waals surface area contributed by atoms with Gasteiger partial charge in [0.05, 0.1) is 30.4 Å². The van der Waals surface area contributed by atoms with Crippen LogP contribution in [-0.4, -0.2) is 60.5 Å². The van der Waals surface area contributed by atoms with E-state index in [0.717, 1.165) is 36.5 Å². The van der Waals surface area contributed by atoms with Crippen molar-refractivity contribution in [1.29, 1.82) is 0 Å². The van der Waals surface area contributed by atoms with Crippen molar-refractivity contribution in [3.8, 4) is 0 Å². The molecule has 1 saturated heterocycles. The van der Waals surface area contributed by atoms with E-state index >= 15 is 0 Å². The first-order valence-electron chi connectivity index (χ1n) is 9.66. The number of aromatic nitrogens is 2. The number of methoxy groups -OCH3 is 1. The Hall–Kier alpha value is -1.26. The minimum atomic E-state index is -3.38. The Morgan fingerprint density at radius 3 is 2.75 bits per heavy atom. The van der Waals surface area contributed by atoms with Gasteiger partial charge in [0.2, 0.25) is 15.0 Å². The van der Waals surface area contributed by atoms with E-state index in [1.165, 1.54) is 0 Å². The fraction of sp³-hybridized carbons (Fsp3) is 0.632. The molecule has 28 heavy (non-hydrogen) atoms. The van der Waals surface area contributed by atoms with Gasteiger partial charge in [-0.3, -0.25) is 4.90 Å². The standard InChI is InChI=1S/C19H29N3O4S2/c1-3-28(24,25)19-20-13-16(22(19)10-11-26-2)14-21-8-6-15(7-9-21)18(23)17-5-4-12-27-17/h4-5,12-13,15,18,23H,3,6-11,14H2,1-2H3/t18-/m1/s1. The maximum atomic E-state index is 12.4. The molecular weight excluding hydrogens is 398 g/mol. The smallest absolute Gasteiger partial charge is 0.227 e. The summed E-state index contributed by atoms with van der Waals surface area (Å²) in [6, 6.07) is 3.97. The summed E-state index contributed by atoms with van der Waals surface area (Å²) in [6.07, 6.45) is 3.12. The third-order valence-electron chi connectivity index (χ3n) is 5.38. The van der Waals surface area contributed by atoms with Gasteiger partial charge in [-0.15, -0.1) is 11.3 Å². The Morgan fingerprint density at radius 1 is 1.39 bits per heavy atom. The molecule has 156 valence electrons. The van der Waals surface area contributed by atoms with Crippen LogP contribution in [0.1, 0.15) is 36.4 Å². The van der Waals surface area contributed by atoms with E-state index in [2.05, 4.69) is 9.88 Å². The van der Waals surface area contributed by atoms with E-state index < -0.39 is 15.9 Å². The molecule has 1 N–H and O–H groups in total. The highest BCUT2D eigenvalue weighted by molar-refractivity contribution is 7.91. The number of likely N-dealkylation sites (tertiary alicyclic amines) is 1. The lowest BCUT2D eigenvalue weighted by Gasteiger charge is -2.34. The predicted octanol–water partition coefficient (Wildman–Crippen LogP) is 2.33. The lowest BCUT2D eigenvalue weighted by atomic mass is 9.90. The van der Waals surface area contributed by atoms with Crippen molar-refractivity contribution in [3.05, 3.63) is 34.3 Å². The molecule has 1 aliphatic heterocycles. The number of sulfone groups is 1. The van der Waals surface area contributed by atoms with Crippen molar-refractivity contribution < 1.29 is 18.3 Å². The quantitative estimate of drug-likeness (QED) is 0.661. The Labute approximate surface area is 170 Å². The highest BCUT2D eigenvalue weighted by Gasteiger charge is 2.28. The van der Waals surface area contributed by atoms with Crippen molar-refractivity contribution in [2.24, 2.45) is 5.92 Å². The molecule has 1 atom stereocenters. The van der Waals surface area contributed by atoms with Gasteiger partial charge in [0, 0.05) is 25.1 Å². The van der Waals surface area contributed by atoms with Gasteiger partial charge >= 0.3 is 0 Å². The van der Waals surface area contributed by atoms with Gasteiger partial charge in [-0.25, -0.2) is 13.4 Å². The number of aliphatic hydroxyl groups excluding tert-OH is 1. The van der Waals surface area contributed by atoms with Crippen LogP contribution in [-0.2, 0) is 27.7 Å². The second kappa shape index (κ2) is 9.49. The van der Waals surface area contributed by atoms with Crippen molar-refractivity contribution in [1.82, 2.24) is 14.5 Å². The van der Waals surface area contributed by atoms with Gasteiger partial charge in [-0.05, 0) is 43.3 Å². The molecule has 0 unspecified atom stereocenters. The first kappa shape index (κ1) is 21.4. The minimum Gasteiger partial charge on any atom is -0.387 e. The molecule has 1 fully saturated rings. The molecule has 2 aromatic rings. The number of ether oxygens (including phenoxy) is 1. The summed E-state index contributed by atoms with van der Waals surface area (Å²) in [5.74, 6) is 0.298. The van der Waals surface area contributed by atoms with Gasteiger partial charge in [0.15, 0.2) is 0 Å². The summed E-state index contributed by atoms with van der Waals surface area (Å²) in [6.45, 7) is 4.93. The second-order valence-electron chi connectivity index (χ2n) is 7.15. The first-order chi connectivity index (χ1) is 13.5. The Morgan fingerprint density at radius 2 is 2.14 bits per heavy atom. The number of hydrogen-bond acceptors (Lipinski definition) is 7. The maximum absolute atomic E-state index is 12.4. The lowest BCUT2D eigenvalue weighted by Crippen LogP contribution is -2.35. The summed E-state index contributed by atoms with van der Waals surface area (Å²) < 4.78 is 31.6. The van der Waals surface area contributed by atoms with Gasteiger partial charge in [-0.1, -0.05) is 13.0 Å². The Bertz CT molecular complexity index is 841. The second-order valence-corrected chi connectivity index (χ2v) is 10.3. The molecule has 0 saturated carbocycles. The topological polar surface area (TPSA) is 84.7 Å². The third kappa shape index (κ3) is 4.83. The summed E-state index contributed by atoms with van der Waals surface area (Å²) in [5, 5.41) is 12.7. The molecule has 0 spiro atoms. The van der Waals surface area contributed by atoms with E-state index in [-0.39, 0.29) is 16.8 Å². The molecule has 0 radical (unpaired) electrons. The Kier molecular flexibility index (Phi) is 7.27. The number of aliphatic hydroxyl groups is 1. The molecule has 2 aromatic heterocycles. The molecule has 9 heteroatoms. The number of rotatable bonds is 9. The zero-order chi connectivity index (χ0) is 20.1. The summed E-state index contributed by atoms with van der Waals surface area (Å²) >= 11 is 1.60. The summed E-state index contributed by atoms with van der Waals surface area (Å²) in [5.41, 5.74) is 0.890. The van der Waals surface area contributed by atoms with Crippen LogP contribution in [0.15, 0.2) is 28.9 Å². The predicted molar refractivity (Wildman–Crippen MR) is 109 cm³/mol. The van der Waals surface area contributed by atoms with Crippen LogP contribution >= 0.6 is 11.3 Å². The number of imidazole rings is 1. The average Bonchev–Trinajstić information content (AvgIpc) is 3.37. The van der Waals surface area contributed by atoms with Crippen molar-refractivity contribution in [2.45, 2.75) is 44.1 Å². The molecule has 0 bridgehead atoms. The molecule has 1 aliphatic rings. The van der Waals surface area contributed by atoms with Crippen LogP contribution in [0.5, 0.6) is 0 Å². The van der Waals surface area contributed by atoms with Crippen molar-refractivity contribution in [3.63, 3.8) is 0 Å². The van der Waals surface area contributed by atoms with E-state index in [9.17, 15) is 13.5 Å². The largest absolute Gasteiger partial charge is 0.387 e. The van der Waals surface area contributed by atoms with E-state index in [0.29, 0.717) is 19.7 Å². The monoisotopic (exact) mass is 427 g/mol. The fourth-order valence-corrected chi connectivity index (χ4v) is 5.48. The molecule has 7 nitrogen and oxygen atoms in total. The molecule has 0 aromatic carbocycles. The summed E-state index contributed by atoms with van der Waals surface area (Å²) in [7, 11) is -1.77. The number of hydrogen-bond donors (Lipinski definition) is 1. The minimum absolute atomic E-state index is 0.0302. The number of piperidine rings is 1. The number of thiophene rings is 1. The molecular formula is C19H29N3O4S2. The number of nitrogens with zero attached hydrogens (tertiary/aromatic N) is 3. The van der Waals surface area contributed by atoms with E-state index in [4.69, 9.17) is 4.74 Å². The van der Waals surface area contributed by atoms with Crippen LogP contribution in [0.2, 0.25) is 0 Å². The lowest BCUT2D eigenvalue weighted by molar-refractivity contribution is 0.0582. The Balaban J connectivity index is 1.66. The van der Waals surface area contributed by atoms with Crippen LogP contribution in [0.4, 0.5) is 0 Å². The fourth-order valence-electron chi connectivity index (χ4n) is 3.67. The normalized spacial score (nSPS) is 17.8. The van der Waals surface area contributed by atoms with Crippen LogP contribution in [0.3, 0.4) is 0 Å². The maximum Gasteiger partial charge on any atom is 0.227 e. The van der Waals surface area contributed by atoms with Gasteiger partial charge < -0.3 is 14.4 Å². The van der Waals surface area contributed by atoms with Crippen molar-refractivity contribution >= 4 is 21.2 Å². The zero-order valence-electron chi connectivity index (χ0n) is 16.5. The molecule has 3 heterocycles. The first-order valence-corrected chi connectivity index (χ1v) is 12.2. The molecule has 0 aliphatic carbocycles. The van der Waals surface area contributed by atoms with Gasteiger partial charge in [0.25, 0.3) is 0 Å². The zero-order valence-corrected chi connectivity index (χ0v) is 18.1. The van der Waals surface area contributed by atoms with Crippen molar-refractivity contribution in [2.75, 3.05) is 32.6 Å². The highest BCUT2D eigenvalue weighted by atomic mass is 32.2. The van der Waals surface area contributed by atoms with Gasteiger partial charge in [-0.2, -0.15) is 0 Å². The van der Waals surface area contributed by atoms with Gasteiger partial charge in [0.1, 0.15) is 0 Å². The third-order valence-corrected chi connectivity index (χ3v) is 7.96. The van der Waals surface area contributed by atoms with Crippen LogP contribution in [0, 0.1) is 5.92 Å². The SMILES string of the molecule is CCS(=O)(=O)c1ncc(CN2CCC([C@@H](O)c3cccs3)CC2)n1CCOC. The highest BCUT2D eigenvalue weighted by Crippen LogP contribution is 2.33. The molecule has 3 rings (SSSR count). The van der Waals surface area contributed by atoms with E-state index in [1.807, 2.05) is 17.5 Å². The van der Waals surface area contributed by atoms with E-state index in [1.54, 1.807) is 36.1 Å². The molecule has 0 amide bonds. The summed E-state index contributed by atoms with van der Waals surface area (Å²) in [4.78, 5) is 7.55. The average molecular weight is 428 g/mol. The van der Waals surface area contributed by atoms with Crippen LogP contribution < -0.4 is 0 Å². The van der Waals surface area contributed by atoms with Crippen LogP contribution in [0.25, 0.3) is 0 Å².